The first-order valence-electron chi connectivity index (χ1n) is 5.85. The third-order valence-corrected chi connectivity index (χ3v) is 3.49. The number of nitrogens with one attached hydrogen (secondary N) is 1. The highest BCUT2D eigenvalue weighted by molar-refractivity contribution is 6.42. The van der Waals surface area contributed by atoms with Crippen LogP contribution in [0, 0.1) is 6.92 Å². The second-order valence-electron chi connectivity index (χ2n) is 4.30. The average molecular weight is 294 g/mol. The Labute approximate surface area is 122 Å². The van der Waals surface area contributed by atoms with Crippen molar-refractivity contribution >= 4 is 29.1 Å². The summed E-state index contributed by atoms with van der Waals surface area (Å²) >= 11 is 11.7. The Balaban J connectivity index is 2.01. The lowest BCUT2D eigenvalue weighted by Gasteiger charge is -2.06. The lowest BCUT2D eigenvalue weighted by Crippen LogP contribution is -2.22. The summed E-state index contributed by atoms with van der Waals surface area (Å²) in [4.78, 5) is 11.9. The van der Waals surface area contributed by atoms with Crippen LogP contribution in [0.5, 0.6) is 0 Å². The van der Waals surface area contributed by atoms with Crippen molar-refractivity contribution in [1.82, 2.24) is 5.32 Å². The SMILES string of the molecule is Cc1ccc(CNC(=O)c2ccc(Cl)c(Cl)c2)cc1. The Morgan fingerprint density at radius 2 is 1.74 bits per heavy atom. The fraction of sp³-hybridized carbons (Fsp3) is 0.133. The molecule has 0 saturated heterocycles. The molecule has 0 unspecified atom stereocenters. The Morgan fingerprint density at radius 1 is 1.05 bits per heavy atom. The highest BCUT2D eigenvalue weighted by atomic mass is 35.5. The van der Waals surface area contributed by atoms with Gasteiger partial charge in [0.25, 0.3) is 5.91 Å². The lowest BCUT2D eigenvalue weighted by molar-refractivity contribution is 0.0951. The number of halogens is 2. The second kappa shape index (κ2) is 6.09. The minimum atomic E-state index is -0.167. The standard InChI is InChI=1S/C15H13Cl2NO/c1-10-2-4-11(5-3-10)9-18-15(19)12-6-7-13(16)14(17)8-12/h2-8H,9H2,1H3,(H,18,19). The Bertz CT molecular complexity index is 594. The van der Waals surface area contributed by atoms with Crippen LogP contribution < -0.4 is 5.32 Å². The molecule has 0 heterocycles. The van der Waals surface area contributed by atoms with Crippen LogP contribution >= 0.6 is 23.2 Å². The molecule has 2 nitrogen and oxygen atoms in total. The van der Waals surface area contributed by atoms with Crippen molar-refractivity contribution in [3.05, 3.63) is 69.2 Å². The van der Waals surface area contributed by atoms with Gasteiger partial charge in [-0.15, -0.1) is 0 Å². The molecule has 19 heavy (non-hydrogen) atoms. The molecule has 0 radical (unpaired) electrons. The van der Waals surface area contributed by atoms with Crippen LogP contribution in [-0.4, -0.2) is 5.91 Å². The molecule has 1 N–H and O–H groups in total. The zero-order valence-corrected chi connectivity index (χ0v) is 11.9. The number of aryl methyl sites for hydroxylation is 1. The number of hydrogen-bond acceptors (Lipinski definition) is 1. The first-order valence-corrected chi connectivity index (χ1v) is 6.60. The Hall–Kier alpha value is -1.51. The molecule has 0 atom stereocenters. The van der Waals surface area contributed by atoms with Crippen LogP contribution in [-0.2, 0) is 6.54 Å². The molecule has 2 aromatic rings. The van der Waals surface area contributed by atoms with E-state index in [0.29, 0.717) is 22.2 Å². The Kier molecular flexibility index (Phi) is 4.46. The summed E-state index contributed by atoms with van der Waals surface area (Å²) in [5, 5.41) is 3.66. The maximum atomic E-state index is 11.9. The molecule has 98 valence electrons. The van der Waals surface area contributed by atoms with Gasteiger partial charge >= 0.3 is 0 Å². The summed E-state index contributed by atoms with van der Waals surface area (Å²) in [7, 11) is 0. The minimum absolute atomic E-state index is 0.167. The molecule has 0 aromatic heterocycles. The van der Waals surface area contributed by atoms with Crippen LogP contribution in [0.4, 0.5) is 0 Å². The van der Waals surface area contributed by atoms with Gasteiger partial charge in [-0.25, -0.2) is 0 Å². The van der Waals surface area contributed by atoms with Gasteiger partial charge in [0.15, 0.2) is 0 Å². The summed E-state index contributed by atoms with van der Waals surface area (Å²) in [6.07, 6.45) is 0. The Morgan fingerprint density at radius 3 is 2.37 bits per heavy atom. The number of rotatable bonds is 3. The maximum absolute atomic E-state index is 11.9. The van der Waals surface area contributed by atoms with E-state index in [0.717, 1.165) is 5.56 Å². The van der Waals surface area contributed by atoms with E-state index in [-0.39, 0.29) is 5.91 Å². The van der Waals surface area contributed by atoms with Gasteiger partial charge in [0, 0.05) is 12.1 Å². The van der Waals surface area contributed by atoms with Crippen LogP contribution in [0.3, 0.4) is 0 Å². The molecular weight excluding hydrogens is 281 g/mol. The molecule has 0 aliphatic rings. The molecule has 0 aliphatic heterocycles. The summed E-state index contributed by atoms with van der Waals surface area (Å²) in [5.74, 6) is -0.167. The summed E-state index contributed by atoms with van der Waals surface area (Å²) < 4.78 is 0. The maximum Gasteiger partial charge on any atom is 0.251 e. The van der Waals surface area contributed by atoms with Crippen LogP contribution in [0.2, 0.25) is 10.0 Å². The first kappa shape index (κ1) is 13.9. The second-order valence-corrected chi connectivity index (χ2v) is 5.11. The highest BCUT2D eigenvalue weighted by Crippen LogP contribution is 2.22. The van der Waals surface area contributed by atoms with Gasteiger partial charge in [0.2, 0.25) is 0 Å². The number of carbonyl (C=O) groups is 1. The fourth-order valence-electron chi connectivity index (χ4n) is 1.63. The van der Waals surface area contributed by atoms with E-state index >= 15 is 0 Å². The van der Waals surface area contributed by atoms with Gasteiger partial charge in [0.1, 0.15) is 0 Å². The predicted molar refractivity (Wildman–Crippen MR) is 78.8 cm³/mol. The lowest BCUT2D eigenvalue weighted by atomic mass is 10.1. The largest absolute Gasteiger partial charge is 0.348 e. The average Bonchev–Trinajstić information content (AvgIpc) is 2.41. The van der Waals surface area contributed by atoms with Crippen LogP contribution in [0.15, 0.2) is 42.5 Å². The third-order valence-electron chi connectivity index (χ3n) is 2.76. The van der Waals surface area contributed by atoms with Gasteiger partial charge in [-0.2, -0.15) is 0 Å². The number of hydrogen-bond donors (Lipinski definition) is 1. The van der Waals surface area contributed by atoms with Gasteiger partial charge in [-0.05, 0) is 30.7 Å². The van der Waals surface area contributed by atoms with Crippen molar-refractivity contribution in [2.45, 2.75) is 13.5 Å². The third kappa shape index (κ3) is 3.72. The predicted octanol–water partition coefficient (Wildman–Crippen LogP) is 4.23. The van der Waals surface area contributed by atoms with E-state index in [2.05, 4.69) is 5.32 Å². The van der Waals surface area contributed by atoms with Crippen LogP contribution in [0.1, 0.15) is 21.5 Å². The number of carbonyl (C=O) groups excluding carboxylic acids is 1. The summed E-state index contributed by atoms with van der Waals surface area (Å²) in [5.41, 5.74) is 2.75. The molecule has 0 saturated carbocycles. The summed E-state index contributed by atoms with van der Waals surface area (Å²) in [6, 6.07) is 12.8. The van der Waals surface area contributed by atoms with Gasteiger partial charge < -0.3 is 5.32 Å². The van der Waals surface area contributed by atoms with Crippen molar-refractivity contribution in [2.24, 2.45) is 0 Å². The van der Waals surface area contributed by atoms with E-state index in [1.165, 1.54) is 5.56 Å². The highest BCUT2D eigenvalue weighted by Gasteiger charge is 2.07. The molecule has 0 bridgehead atoms. The quantitative estimate of drug-likeness (QED) is 0.901. The molecule has 2 aromatic carbocycles. The molecule has 1 amide bonds. The van der Waals surface area contributed by atoms with Gasteiger partial charge in [-0.1, -0.05) is 53.0 Å². The number of amides is 1. The van der Waals surface area contributed by atoms with Gasteiger partial charge in [-0.3, -0.25) is 4.79 Å². The van der Waals surface area contributed by atoms with Gasteiger partial charge in [0.05, 0.1) is 10.0 Å². The molecular formula is C15H13Cl2NO. The zero-order chi connectivity index (χ0) is 13.8. The van der Waals surface area contributed by atoms with E-state index < -0.39 is 0 Å². The van der Waals surface area contributed by atoms with Crippen molar-refractivity contribution in [1.29, 1.82) is 0 Å². The molecule has 2 rings (SSSR count). The minimum Gasteiger partial charge on any atom is -0.348 e. The van der Waals surface area contributed by atoms with E-state index in [9.17, 15) is 4.79 Å². The van der Waals surface area contributed by atoms with Crippen molar-refractivity contribution in [3.8, 4) is 0 Å². The van der Waals surface area contributed by atoms with E-state index in [4.69, 9.17) is 23.2 Å². The van der Waals surface area contributed by atoms with Crippen LogP contribution in [0.25, 0.3) is 0 Å². The smallest absolute Gasteiger partial charge is 0.251 e. The molecule has 0 fully saturated rings. The monoisotopic (exact) mass is 293 g/mol. The zero-order valence-electron chi connectivity index (χ0n) is 10.4. The van der Waals surface area contributed by atoms with E-state index in [1.807, 2.05) is 31.2 Å². The fourth-order valence-corrected chi connectivity index (χ4v) is 1.93. The normalized spacial score (nSPS) is 10.3. The molecule has 0 aliphatic carbocycles. The first-order chi connectivity index (χ1) is 9.06. The van der Waals surface area contributed by atoms with Crippen molar-refractivity contribution < 1.29 is 4.79 Å². The van der Waals surface area contributed by atoms with Crippen molar-refractivity contribution in [2.75, 3.05) is 0 Å². The number of benzene rings is 2. The molecule has 0 spiro atoms. The molecule has 4 heteroatoms. The topological polar surface area (TPSA) is 29.1 Å². The summed E-state index contributed by atoms with van der Waals surface area (Å²) in [6.45, 7) is 2.51. The van der Waals surface area contributed by atoms with E-state index in [1.54, 1.807) is 18.2 Å². The van der Waals surface area contributed by atoms with Crippen molar-refractivity contribution in [3.63, 3.8) is 0 Å².